The monoisotopic (exact) mass is 259 g/mol. The second kappa shape index (κ2) is 5.81. The van der Waals surface area contributed by atoms with Crippen molar-refractivity contribution in [2.24, 2.45) is 0 Å². The Morgan fingerprint density at radius 2 is 2.21 bits per heavy atom. The van der Waals surface area contributed by atoms with Gasteiger partial charge in [0.1, 0.15) is 5.56 Å². The summed E-state index contributed by atoms with van der Waals surface area (Å²) in [6.45, 7) is 2.43. The fraction of sp³-hybridized carbons (Fsp3) is 0.154. The van der Waals surface area contributed by atoms with Gasteiger partial charge >= 0.3 is 5.97 Å². The van der Waals surface area contributed by atoms with Gasteiger partial charge in [-0.1, -0.05) is 0 Å². The zero-order chi connectivity index (χ0) is 13.7. The molecule has 6 heteroatoms. The number of ether oxygens (including phenoxy) is 1. The molecule has 2 rings (SSSR count). The molecule has 0 bridgehead atoms. The number of carboxylic acid groups (broad SMARTS) is 1. The second-order valence-electron chi connectivity index (χ2n) is 3.67. The molecular weight excluding hydrogens is 246 g/mol. The lowest BCUT2D eigenvalue weighted by Crippen LogP contribution is -2.03. The highest BCUT2D eigenvalue weighted by Gasteiger charge is 2.09. The Balaban J connectivity index is 2.19. The number of rotatable bonds is 5. The molecule has 0 spiro atoms. The smallest absolute Gasteiger partial charge is 0.339 e. The Kier molecular flexibility index (Phi) is 3.92. The zero-order valence-electron chi connectivity index (χ0n) is 10.3. The normalized spacial score (nSPS) is 9.95. The first-order valence-electron chi connectivity index (χ1n) is 5.74. The predicted octanol–water partition coefficient (Wildman–Crippen LogP) is 2.32. The van der Waals surface area contributed by atoms with E-state index in [9.17, 15) is 4.79 Å². The Morgan fingerprint density at radius 1 is 1.37 bits per heavy atom. The van der Waals surface area contributed by atoms with E-state index in [2.05, 4.69) is 15.3 Å². The third-order valence-corrected chi connectivity index (χ3v) is 2.36. The SMILES string of the molecule is CCOc1ccc(Nc2ccncc2C(=O)O)cn1. The van der Waals surface area contributed by atoms with Crippen LogP contribution in [0.3, 0.4) is 0 Å². The van der Waals surface area contributed by atoms with Crippen molar-refractivity contribution in [3.05, 3.63) is 42.4 Å². The summed E-state index contributed by atoms with van der Waals surface area (Å²) in [7, 11) is 0. The van der Waals surface area contributed by atoms with Gasteiger partial charge in [0.2, 0.25) is 5.88 Å². The molecule has 0 fully saturated rings. The molecule has 0 aromatic carbocycles. The maximum absolute atomic E-state index is 11.0. The largest absolute Gasteiger partial charge is 0.478 e. The molecule has 0 aliphatic heterocycles. The van der Waals surface area contributed by atoms with Crippen molar-refractivity contribution < 1.29 is 14.6 Å². The molecule has 0 unspecified atom stereocenters. The summed E-state index contributed by atoms with van der Waals surface area (Å²) in [4.78, 5) is 18.9. The molecule has 2 heterocycles. The quantitative estimate of drug-likeness (QED) is 0.857. The molecule has 0 saturated heterocycles. The van der Waals surface area contributed by atoms with Crippen LogP contribution in [-0.2, 0) is 0 Å². The van der Waals surface area contributed by atoms with Crippen molar-refractivity contribution in [1.29, 1.82) is 0 Å². The van der Waals surface area contributed by atoms with Crippen LogP contribution in [0.1, 0.15) is 17.3 Å². The topological polar surface area (TPSA) is 84.3 Å². The van der Waals surface area contributed by atoms with Crippen molar-refractivity contribution in [2.45, 2.75) is 6.92 Å². The molecule has 0 amide bonds. The minimum Gasteiger partial charge on any atom is -0.478 e. The maximum Gasteiger partial charge on any atom is 0.339 e. The first kappa shape index (κ1) is 12.8. The van der Waals surface area contributed by atoms with Crippen molar-refractivity contribution >= 4 is 17.3 Å². The van der Waals surface area contributed by atoms with Gasteiger partial charge in [0.15, 0.2) is 0 Å². The molecule has 0 radical (unpaired) electrons. The summed E-state index contributed by atoms with van der Waals surface area (Å²) < 4.78 is 5.23. The fourth-order valence-corrected chi connectivity index (χ4v) is 1.52. The van der Waals surface area contributed by atoms with E-state index in [0.29, 0.717) is 23.9 Å². The van der Waals surface area contributed by atoms with E-state index in [1.54, 1.807) is 24.4 Å². The first-order chi connectivity index (χ1) is 9.20. The lowest BCUT2D eigenvalue weighted by Gasteiger charge is -2.09. The van der Waals surface area contributed by atoms with Gasteiger partial charge in [0.25, 0.3) is 0 Å². The van der Waals surface area contributed by atoms with Crippen molar-refractivity contribution in [3.8, 4) is 5.88 Å². The van der Waals surface area contributed by atoms with E-state index < -0.39 is 5.97 Å². The van der Waals surface area contributed by atoms with E-state index >= 15 is 0 Å². The number of pyridine rings is 2. The summed E-state index contributed by atoms with van der Waals surface area (Å²) in [5, 5.41) is 12.0. The number of nitrogens with zero attached hydrogens (tertiary/aromatic N) is 2. The van der Waals surface area contributed by atoms with Gasteiger partial charge in [-0.2, -0.15) is 0 Å². The van der Waals surface area contributed by atoms with Gasteiger partial charge < -0.3 is 15.2 Å². The Hall–Kier alpha value is -2.63. The highest BCUT2D eigenvalue weighted by Crippen LogP contribution is 2.20. The van der Waals surface area contributed by atoms with Gasteiger partial charge in [0, 0.05) is 18.5 Å². The summed E-state index contributed by atoms with van der Waals surface area (Å²) in [5.74, 6) is -0.504. The van der Waals surface area contributed by atoms with Crippen molar-refractivity contribution in [1.82, 2.24) is 9.97 Å². The summed E-state index contributed by atoms with van der Waals surface area (Å²) in [5.41, 5.74) is 1.25. The fourth-order valence-electron chi connectivity index (χ4n) is 1.52. The Labute approximate surface area is 110 Å². The molecule has 0 aliphatic carbocycles. The third kappa shape index (κ3) is 3.19. The van der Waals surface area contributed by atoms with Crippen LogP contribution >= 0.6 is 0 Å². The number of anilines is 2. The van der Waals surface area contributed by atoms with Gasteiger partial charge in [-0.3, -0.25) is 4.98 Å². The number of hydrogen-bond acceptors (Lipinski definition) is 5. The zero-order valence-corrected chi connectivity index (χ0v) is 10.3. The van der Waals surface area contributed by atoms with Crippen LogP contribution in [-0.4, -0.2) is 27.7 Å². The molecule has 0 aliphatic rings. The van der Waals surface area contributed by atoms with Crippen molar-refractivity contribution in [3.63, 3.8) is 0 Å². The lowest BCUT2D eigenvalue weighted by molar-refractivity contribution is 0.0697. The number of carbonyl (C=O) groups is 1. The molecule has 19 heavy (non-hydrogen) atoms. The van der Waals surface area contributed by atoms with E-state index in [4.69, 9.17) is 9.84 Å². The highest BCUT2D eigenvalue weighted by molar-refractivity contribution is 5.94. The third-order valence-electron chi connectivity index (χ3n) is 2.36. The molecule has 2 N–H and O–H groups in total. The van der Waals surface area contributed by atoms with Crippen LogP contribution in [0.25, 0.3) is 0 Å². The molecule has 0 saturated carbocycles. The van der Waals surface area contributed by atoms with Crippen LogP contribution in [0.2, 0.25) is 0 Å². The van der Waals surface area contributed by atoms with Crippen LogP contribution in [0, 0.1) is 0 Å². The number of aromatic carboxylic acids is 1. The molecule has 2 aromatic heterocycles. The van der Waals surface area contributed by atoms with E-state index in [1.807, 2.05) is 6.92 Å². The average molecular weight is 259 g/mol. The molecule has 0 atom stereocenters. The summed E-state index contributed by atoms with van der Waals surface area (Å²) >= 11 is 0. The number of aromatic nitrogens is 2. The minimum atomic E-state index is -1.03. The van der Waals surface area contributed by atoms with Crippen LogP contribution in [0.15, 0.2) is 36.8 Å². The van der Waals surface area contributed by atoms with Gasteiger partial charge in [0.05, 0.1) is 24.2 Å². The Morgan fingerprint density at radius 3 is 2.84 bits per heavy atom. The second-order valence-corrected chi connectivity index (χ2v) is 3.67. The van der Waals surface area contributed by atoms with E-state index in [0.717, 1.165) is 0 Å². The van der Waals surface area contributed by atoms with E-state index in [-0.39, 0.29) is 5.56 Å². The van der Waals surface area contributed by atoms with Crippen molar-refractivity contribution in [2.75, 3.05) is 11.9 Å². The molecular formula is C13H13N3O3. The molecule has 98 valence electrons. The van der Waals surface area contributed by atoms with Crippen LogP contribution < -0.4 is 10.1 Å². The van der Waals surface area contributed by atoms with E-state index in [1.165, 1.54) is 12.4 Å². The number of nitrogens with one attached hydrogen (secondary N) is 1. The highest BCUT2D eigenvalue weighted by atomic mass is 16.5. The predicted molar refractivity (Wildman–Crippen MR) is 69.9 cm³/mol. The number of hydrogen-bond donors (Lipinski definition) is 2. The molecule has 6 nitrogen and oxygen atoms in total. The summed E-state index contributed by atoms with van der Waals surface area (Å²) in [6, 6.07) is 5.08. The lowest BCUT2D eigenvalue weighted by atomic mass is 10.2. The number of carboxylic acids is 1. The van der Waals surface area contributed by atoms with Crippen LogP contribution in [0.5, 0.6) is 5.88 Å². The maximum atomic E-state index is 11.0. The average Bonchev–Trinajstić information content (AvgIpc) is 2.42. The minimum absolute atomic E-state index is 0.108. The van der Waals surface area contributed by atoms with Gasteiger partial charge in [-0.25, -0.2) is 9.78 Å². The molecule has 2 aromatic rings. The standard InChI is InChI=1S/C13H13N3O3/c1-2-19-12-4-3-9(7-15-12)16-11-5-6-14-8-10(11)13(17)18/h3-8H,2H2,1H3,(H,14,16)(H,17,18). The first-order valence-corrected chi connectivity index (χ1v) is 5.74. The van der Waals surface area contributed by atoms with Crippen LogP contribution in [0.4, 0.5) is 11.4 Å². The van der Waals surface area contributed by atoms with Gasteiger partial charge in [-0.05, 0) is 19.1 Å². The summed E-state index contributed by atoms with van der Waals surface area (Å²) in [6.07, 6.45) is 4.40. The van der Waals surface area contributed by atoms with Gasteiger partial charge in [-0.15, -0.1) is 0 Å². The Bertz CT molecular complexity index is 570.